The lowest BCUT2D eigenvalue weighted by Gasteiger charge is -2.38. The van der Waals surface area contributed by atoms with E-state index in [9.17, 15) is 14.4 Å². The van der Waals surface area contributed by atoms with Crippen molar-refractivity contribution >= 4 is 23.3 Å². The zero-order valence-electron chi connectivity index (χ0n) is 23.7. The van der Waals surface area contributed by atoms with Crippen LogP contribution in [0.4, 0.5) is 5.69 Å². The predicted octanol–water partition coefficient (Wildman–Crippen LogP) is 6.27. The van der Waals surface area contributed by atoms with Gasteiger partial charge in [-0.25, -0.2) is 0 Å². The number of Topliss-reactive ketones (excluding diaryl/α,β-unsaturated/α-hetero) is 1. The summed E-state index contributed by atoms with van der Waals surface area (Å²) in [6, 6.07) is 32.4. The molecule has 1 aliphatic heterocycles. The number of rotatable bonds is 9. The summed E-state index contributed by atoms with van der Waals surface area (Å²) in [5, 5.41) is 0. The third-order valence-electron chi connectivity index (χ3n) is 7.31. The number of benzene rings is 4. The summed E-state index contributed by atoms with van der Waals surface area (Å²) in [5.74, 6) is -0.219. The highest BCUT2D eigenvalue weighted by Gasteiger charge is 2.42. The van der Waals surface area contributed by atoms with Crippen molar-refractivity contribution in [3.63, 3.8) is 0 Å². The van der Waals surface area contributed by atoms with E-state index in [1.807, 2.05) is 72.5 Å². The molecule has 2 amide bonds. The molecule has 0 aliphatic carbocycles. The highest BCUT2D eigenvalue weighted by molar-refractivity contribution is 6.10. The van der Waals surface area contributed by atoms with E-state index in [4.69, 9.17) is 4.74 Å². The molecule has 0 atom stereocenters. The van der Waals surface area contributed by atoms with Gasteiger partial charge in [0.15, 0.2) is 11.4 Å². The first kappa shape index (κ1) is 27.8. The molecule has 6 nitrogen and oxygen atoms in total. The molecule has 0 unspecified atom stereocenters. The zero-order valence-corrected chi connectivity index (χ0v) is 23.7. The Morgan fingerprint density at radius 1 is 0.805 bits per heavy atom. The molecular weight excluding hydrogens is 512 g/mol. The lowest BCUT2D eigenvalue weighted by atomic mass is 10.0. The molecule has 1 heterocycles. The van der Waals surface area contributed by atoms with Gasteiger partial charge in [-0.15, -0.1) is 0 Å². The van der Waals surface area contributed by atoms with Gasteiger partial charge in [0, 0.05) is 24.2 Å². The Balaban J connectivity index is 1.45. The number of aryl methyl sites for hydroxylation is 1. The Morgan fingerprint density at radius 2 is 1.41 bits per heavy atom. The van der Waals surface area contributed by atoms with Gasteiger partial charge in [0.25, 0.3) is 11.8 Å². The number of ketones is 1. The highest BCUT2D eigenvalue weighted by atomic mass is 16.5. The van der Waals surface area contributed by atoms with Gasteiger partial charge in [-0.05, 0) is 56.5 Å². The molecule has 4 aromatic rings. The van der Waals surface area contributed by atoms with Gasteiger partial charge in [-0.2, -0.15) is 0 Å². The lowest BCUT2D eigenvalue weighted by Crippen LogP contribution is -2.54. The summed E-state index contributed by atoms with van der Waals surface area (Å²) in [4.78, 5) is 44.0. The third kappa shape index (κ3) is 6.38. The number of hydrogen-bond acceptors (Lipinski definition) is 4. The van der Waals surface area contributed by atoms with Crippen molar-refractivity contribution in [3.8, 4) is 5.75 Å². The van der Waals surface area contributed by atoms with Crippen molar-refractivity contribution in [1.82, 2.24) is 4.90 Å². The van der Waals surface area contributed by atoms with E-state index >= 15 is 0 Å². The second-order valence-electron chi connectivity index (χ2n) is 10.9. The van der Waals surface area contributed by atoms with E-state index in [2.05, 4.69) is 12.1 Å². The largest absolute Gasteiger partial charge is 0.476 e. The lowest BCUT2D eigenvalue weighted by molar-refractivity contribution is -0.132. The SMILES string of the molecule is Cc1ccc(C(=O)CN2C(=O)C(C)(C)Oc3ccc(C(=O)N(CCc4ccccc4)Cc4ccccc4)cc32)cc1. The number of carbonyl (C=O) groups is 3. The average Bonchev–Trinajstić information content (AvgIpc) is 2.98. The first-order chi connectivity index (χ1) is 19.7. The van der Waals surface area contributed by atoms with Crippen LogP contribution in [0.1, 0.15) is 51.3 Å². The number of anilines is 1. The van der Waals surface area contributed by atoms with Crippen molar-refractivity contribution in [1.29, 1.82) is 0 Å². The van der Waals surface area contributed by atoms with Crippen LogP contribution in [0.5, 0.6) is 5.75 Å². The van der Waals surface area contributed by atoms with Gasteiger partial charge in [-0.1, -0.05) is 90.5 Å². The quantitative estimate of drug-likeness (QED) is 0.232. The summed E-state index contributed by atoms with van der Waals surface area (Å²) in [5.41, 5.74) is 3.44. The Bertz CT molecular complexity index is 1550. The van der Waals surface area contributed by atoms with Crippen molar-refractivity contribution in [3.05, 3.63) is 131 Å². The molecule has 0 radical (unpaired) electrons. The maximum atomic E-state index is 14.0. The van der Waals surface area contributed by atoms with Crippen LogP contribution in [-0.2, 0) is 17.8 Å². The van der Waals surface area contributed by atoms with Crippen molar-refractivity contribution in [2.75, 3.05) is 18.0 Å². The fraction of sp³-hybridized carbons (Fsp3) is 0.229. The summed E-state index contributed by atoms with van der Waals surface area (Å²) in [7, 11) is 0. The van der Waals surface area contributed by atoms with Crippen molar-refractivity contribution in [2.24, 2.45) is 0 Å². The van der Waals surface area contributed by atoms with Gasteiger partial charge in [0.05, 0.1) is 12.2 Å². The van der Waals surface area contributed by atoms with Crippen molar-refractivity contribution < 1.29 is 19.1 Å². The standard InChI is InChI=1S/C35H34N2O4/c1-25-14-16-28(17-15-25)31(38)24-37-30-22-29(18-19-32(30)41-35(2,3)34(37)40)33(39)36(23-27-12-8-5-9-13-27)21-20-26-10-6-4-7-11-26/h4-19,22H,20-21,23-24H2,1-3H3. The number of nitrogens with zero attached hydrogens (tertiary/aromatic N) is 2. The predicted molar refractivity (Wildman–Crippen MR) is 160 cm³/mol. The van der Waals surface area contributed by atoms with Gasteiger partial charge >= 0.3 is 0 Å². The summed E-state index contributed by atoms with van der Waals surface area (Å²) < 4.78 is 6.03. The van der Waals surface area contributed by atoms with Crippen LogP contribution in [0.3, 0.4) is 0 Å². The fourth-order valence-corrected chi connectivity index (χ4v) is 4.98. The van der Waals surface area contributed by atoms with Crippen LogP contribution < -0.4 is 9.64 Å². The monoisotopic (exact) mass is 546 g/mol. The van der Waals surface area contributed by atoms with Gasteiger partial charge < -0.3 is 9.64 Å². The Labute approximate surface area is 241 Å². The molecule has 0 fully saturated rings. The summed E-state index contributed by atoms with van der Waals surface area (Å²) >= 11 is 0. The topological polar surface area (TPSA) is 66.9 Å². The maximum Gasteiger partial charge on any atom is 0.271 e. The smallest absolute Gasteiger partial charge is 0.271 e. The van der Waals surface area contributed by atoms with Crippen molar-refractivity contribution in [2.45, 2.75) is 39.3 Å². The van der Waals surface area contributed by atoms with E-state index in [0.717, 1.165) is 16.7 Å². The first-order valence-corrected chi connectivity index (χ1v) is 13.8. The van der Waals surface area contributed by atoms with Crippen LogP contribution in [-0.4, -0.2) is 41.2 Å². The summed E-state index contributed by atoms with van der Waals surface area (Å²) in [6.45, 7) is 6.14. The molecule has 0 N–H and O–H groups in total. The molecule has 0 aromatic heterocycles. The Kier molecular flexibility index (Phi) is 8.02. The average molecular weight is 547 g/mol. The third-order valence-corrected chi connectivity index (χ3v) is 7.31. The number of fused-ring (bicyclic) bond motifs is 1. The van der Waals surface area contributed by atoms with Gasteiger partial charge in [0.1, 0.15) is 5.75 Å². The second-order valence-corrected chi connectivity index (χ2v) is 10.9. The molecule has 0 saturated heterocycles. The van der Waals surface area contributed by atoms with E-state index in [1.165, 1.54) is 4.90 Å². The molecule has 0 spiro atoms. The van der Waals surface area contributed by atoms with E-state index < -0.39 is 5.60 Å². The number of amides is 2. The minimum absolute atomic E-state index is 0.152. The van der Waals surface area contributed by atoms with Crippen LogP contribution in [0.15, 0.2) is 103 Å². The van der Waals surface area contributed by atoms with Crippen LogP contribution in [0.2, 0.25) is 0 Å². The number of carbonyl (C=O) groups excluding carboxylic acids is 3. The van der Waals surface area contributed by atoms with E-state index in [-0.39, 0.29) is 24.1 Å². The number of ether oxygens (including phenoxy) is 1. The fourth-order valence-electron chi connectivity index (χ4n) is 4.98. The molecule has 0 bridgehead atoms. The Morgan fingerprint density at radius 3 is 2.07 bits per heavy atom. The maximum absolute atomic E-state index is 14.0. The van der Waals surface area contributed by atoms with Gasteiger partial charge in [0.2, 0.25) is 0 Å². The summed E-state index contributed by atoms with van der Waals surface area (Å²) in [6.07, 6.45) is 0.706. The van der Waals surface area contributed by atoms with Crippen LogP contribution in [0, 0.1) is 6.92 Å². The highest BCUT2D eigenvalue weighted by Crippen LogP contribution is 2.39. The molecular formula is C35H34N2O4. The second kappa shape index (κ2) is 11.8. The molecule has 1 aliphatic rings. The normalized spacial score (nSPS) is 13.7. The Hall–Kier alpha value is -4.71. The molecule has 5 rings (SSSR count). The minimum Gasteiger partial charge on any atom is -0.476 e. The molecule has 4 aromatic carbocycles. The zero-order chi connectivity index (χ0) is 29.0. The minimum atomic E-state index is -1.15. The molecule has 0 saturated carbocycles. The molecule has 41 heavy (non-hydrogen) atoms. The van der Waals surface area contributed by atoms with E-state index in [1.54, 1.807) is 44.2 Å². The molecule has 6 heteroatoms. The van der Waals surface area contributed by atoms with Crippen LogP contribution in [0.25, 0.3) is 0 Å². The van der Waals surface area contributed by atoms with E-state index in [0.29, 0.717) is 42.1 Å². The number of hydrogen-bond donors (Lipinski definition) is 0. The molecule has 208 valence electrons. The van der Waals surface area contributed by atoms with Gasteiger partial charge in [-0.3, -0.25) is 19.3 Å². The van der Waals surface area contributed by atoms with Crippen LogP contribution >= 0.6 is 0 Å². The first-order valence-electron chi connectivity index (χ1n) is 13.8.